The summed E-state index contributed by atoms with van der Waals surface area (Å²) in [6.07, 6.45) is 0. The molecule has 18 heavy (non-hydrogen) atoms. The number of piperazine rings is 1. The number of halogens is 1. The van der Waals surface area contributed by atoms with Gasteiger partial charge in [0, 0.05) is 31.2 Å². The van der Waals surface area contributed by atoms with Gasteiger partial charge >= 0.3 is 0 Å². The molecule has 0 spiro atoms. The van der Waals surface area contributed by atoms with Gasteiger partial charge < -0.3 is 15.0 Å². The van der Waals surface area contributed by atoms with Gasteiger partial charge in [-0.1, -0.05) is 6.07 Å². The second-order valence-electron chi connectivity index (χ2n) is 4.28. The van der Waals surface area contributed by atoms with E-state index < -0.39 is 0 Å². The summed E-state index contributed by atoms with van der Waals surface area (Å²) in [6.45, 7) is 4.54. The zero-order valence-corrected chi connectivity index (χ0v) is 11.5. The number of nitrogens with one attached hydrogen (secondary N) is 1. The lowest BCUT2D eigenvalue weighted by molar-refractivity contribution is 0.0655. The summed E-state index contributed by atoms with van der Waals surface area (Å²) in [6, 6.07) is 7.55. The summed E-state index contributed by atoms with van der Waals surface area (Å²) in [5.41, 5.74) is 0.693. The van der Waals surface area contributed by atoms with E-state index in [0.717, 1.165) is 25.4 Å². The highest BCUT2D eigenvalue weighted by molar-refractivity contribution is 5.94. The van der Waals surface area contributed by atoms with Crippen molar-refractivity contribution < 1.29 is 9.53 Å². The summed E-state index contributed by atoms with van der Waals surface area (Å²) in [4.78, 5) is 14.2. The molecule has 1 aliphatic heterocycles. The Morgan fingerprint density at radius 3 is 2.94 bits per heavy atom. The first-order valence-corrected chi connectivity index (χ1v) is 5.88. The van der Waals surface area contributed by atoms with Crippen LogP contribution in [0.5, 0.6) is 5.75 Å². The zero-order valence-electron chi connectivity index (χ0n) is 10.7. The van der Waals surface area contributed by atoms with Crippen molar-refractivity contribution in [3.63, 3.8) is 0 Å². The molecule has 0 aromatic heterocycles. The molecule has 1 atom stereocenters. The molecule has 0 bridgehead atoms. The lowest BCUT2D eigenvalue weighted by atomic mass is 10.1. The number of hydrogen-bond donors (Lipinski definition) is 1. The second kappa shape index (κ2) is 6.61. The van der Waals surface area contributed by atoms with E-state index >= 15 is 0 Å². The van der Waals surface area contributed by atoms with Gasteiger partial charge in [-0.25, -0.2) is 0 Å². The monoisotopic (exact) mass is 270 g/mol. The fourth-order valence-electron chi connectivity index (χ4n) is 2.06. The minimum Gasteiger partial charge on any atom is -0.497 e. The summed E-state index contributed by atoms with van der Waals surface area (Å²) < 4.78 is 5.14. The smallest absolute Gasteiger partial charge is 0.254 e. The van der Waals surface area contributed by atoms with Crippen LogP contribution in [0.4, 0.5) is 0 Å². The molecule has 2 rings (SSSR count). The van der Waals surface area contributed by atoms with E-state index in [1.807, 2.05) is 23.1 Å². The Hall–Kier alpha value is -1.26. The van der Waals surface area contributed by atoms with Crippen molar-refractivity contribution in [1.82, 2.24) is 10.2 Å². The molecule has 1 heterocycles. The van der Waals surface area contributed by atoms with Crippen molar-refractivity contribution in [2.75, 3.05) is 26.7 Å². The molecule has 1 amide bonds. The molecule has 4 nitrogen and oxygen atoms in total. The van der Waals surface area contributed by atoms with Crippen LogP contribution in [0.3, 0.4) is 0 Å². The van der Waals surface area contributed by atoms with Crippen molar-refractivity contribution in [2.24, 2.45) is 0 Å². The summed E-state index contributed by atoms with van der Waals surface area (Å²) >= 11 is 0. The quantitative estimate of drug-likeness (QED) is 0.887. The van der Waals surface area contributed by atoms with Crippen LogP contribution in [0.1, 0.15) is 17.3 Å². The highest BCUT2D eigenvalue weighted by atomic mass is 35.5. The van der Waals surface area contributed by atoms with Gasteiger partial charge in [0.25, 0.3) is 5.91 Å². The SMILES string of the molecule is COc1cccc(C(=O)N2CCNC[C@H]2C)c1.Cl. The average molecular weight is 271 g/mol. The maximum absolute atomic E-state index is 12.3. The highest BCUT2D eigenvalue weighted by Gasteiger charge is 2.23. The van der Waals surface area contributed by atoms with Crippen molar-refractivity contribution >= 4 is 18.3 Å². The molecule has 1 fully saturated rings. The van der Waals surface area contributed by atoms with E-state index in [0.29, 0.717) is 5.56 Å². The predicted octanol–water partition coefficient (Wildman–Crippen LogP) is 1.55. The summed E-state index contributed by atoms with van der Waals surface area (Å²) in [7, 11) is 1.61. The third-order valence-corrected chi connectivity index (χ3v) is 3.08. The van der Waals surface area contributed by atoms with E-state index in [1.165, 1.54) is 0 Å². The topological polar surface area (TPSA) is 41.6 Å². The molecule has 1 aromatic carbocycles. The maximum atomic E-state index is 12.3. The van der Waals surface area contributed by atoms with E-state index in [2.05, 4.69) is 12.2 Å². The summed E-state index contributed by atoms with van der Waals surface area (Å²) in [5, 5.41) is 3.27. The van der Waals surface area contributed by atoms with E-state index in [1.54, 1.807) is 13.2 Å². The van der Waals surface area contributed by atoms with Gasteiger partial charge in [0.15, 0.2) is 0 Å². The van der Waals surface area contributed by atoms with E-state index in [9.17, 15) is 4.79 Å². The summed E-state index contributed by atoms with van der Waals surface area (Å²) in [5.74, 6) is 0.802. The number of carbonyl (C=O) groups is 1. The Kier molecular flexibility index (Phi) is 5.44. The largest absolute Gasteiger partial charge is 0.497 e. The Balaban J connectivity index is 0.00000162. The Bertz CT molecular complexity index is 412. The molecule has 5 heteroatoms. The second-order valence-corrected chi connectivity index (χ2v) is 4.28. The van der Waals surface area contributed by atoms with Gasteiger partial charge in [-0.3, -0.25) is 4.79 Å². The average Bonchev–Trinajstić information content (AvgIpc) is 2.38. The van der Waals surface area contributed by atoms with Crippen LogP contribution in [0.2, 0.25) is 0 Å². The number of amides is 1. The van der Waals surface area contributed by atoms with E-state index in [4.69, 9.17) is 4.74 Å². The van der Waals surface area contributed by atoms with Crippen LogP contribution >= 0.6 is 12.4 Å². The lowest BCUT2D eigenvalue weighted by Crippen LogP contribution is -2.52. The first-order chi connectivity index (χ1) is 8.22. The minimum atomic E-state index is 0. The van der Waals surface area contributed by atoms with Crippen molar-refractivity contribution in [2.45, 2.75) is 13.0 Å². The number of ether oxygens (including phenoxy) is 1. The van der Waals surface area contributed by atoms with Gasteiger partial charge in [0.1, 0.15) is 5.75 Å². The molecule has 1 N–H and O–H groups in total. The van der Waals surface area contributed by atoms with Gasteiger partial charge in [-0.15, -0.1) is 12.4 Å². The van der Waals surface area contributed by atoms with Crippen molar-refractivity contribution in [1.29, 1.82) is 0 Å². The number of carbonyl (C=O) groups excluding carboxylic acids is 1. The van der Waals surface area contributed by atoms with Gasteiger partial charge in [-0.2, -0.15) is 0 Å². The molecule has 0 saturated carbocycles. The van der Waals surface area contributed by atoms with Gasteiger partial charge in [0.05, 0.1) is 7.11 Å². The number of rotatable bonds is 2. The highest BCUT2D eigenvalue weighted by Crippen LogP contribution is 2.16. The third-order valence-electron chi connectivity index (χ3n) is 3.08. The Morgan fingerprint density at radius 1 is 1.50 bits per heavy atom. The number of benzene rings is 1. The van der Waals surface area contributed by atoms with Crippen LogP contribution < -0.4 is 10.1 Å². The van der Waals surface area contributed by atoms with Crippen LogP contribution in [0, 0.1) is 0 Å². The molecule has 1 aliphatic rings. The maximum Gasteiger partial charge on any atom is 0.254 e. The molecule has 0 unspecified atom stereocenters. The predicted molar refractivity (Wildman–Crippen MR) is 73.6 cm³/mol. The number of nitrogens with zero attached hydrogens (tertiary/aromatic N) is 1. The lowest BCUT2D eigenvalue weighted by Gasteiger charge is -2.34. The number of hydrogen-bond acceptors (Lipinski definition) is 3. The fourth-order valence-corrected chi connectivity index (χ4v) is 2.06. The normalized spacial score (nSPS) is 19.0. The van der Waals surface area contributed by atoms with Gasteiger partial charge in [0.2, 0.25) is 0 Å². The minimum absolute atomic E-state index is 0. The standard InChI is InChI=1S/C13H18N2O2.ClH/c1-10-9-14-6-7-15(10)13(16)11-4-3-5-12(8-11)17-2;/h3-5,8,10,14H,6-7,9H2,1-2H3;1H/t10-;/m1./s1. The van der Waals surface area contributed by atoms with Crippen LogP contribution in [-0.4, -0.2) is 43.6 Å². The molecule has 0 radical (unpaired) electrons. The van der Waals surface area contributed by atoms with Crippen LogP contribution in [0.25, 0.3) is 0 Å². The molecular weight excluding hydrogens is 252 g/mol. The first-order valence-electron chi connectivity index (χ1n) is 5.88. The first kappa shape index (κ1) is 14.8. The molecule has 100 valence electrons. The van der Waals surface area contributed by atoms with Crippen LogP contribution in [0.15, 0.2) is 24.3 Å². The molecule has 0 aliphatic carbocycles. The van der Waals surface area contributed by atoms with Crippen LogP contribution in [-0.2, 0) is 0 Å². The Labute approximate surface area is 114 Å². The van der Waals surface area contributed by atoms with Crippen molar-refractivity contribution in [3.05, 3.63) is 29.8 Å². The Morgan fingerprint density at radius 2 is 2.28 bits per heavy atom. The van der Waals surface area contributed by atoms with Gasteiger partial charge in [-0.05, 0) is 25.1 Å². The number of methoxy groups -OCH3 is 1. The van der Waals surface area contributed by atoms with E-state index in [-0.39, 0.29) is 24.4 Å². The third kappa shape index (κ3) is 3.15. The molecule has 1 saturated heterocycles. The molecule has 1 aromatic rings. The zero-order chi connectivity index (χ0) is 12.3. The van der Waals surface area contributed by atoms with Crippen molar-refractivity contribution in [3.8, 4) is 5.75 Å². The molecular formula is C13H19ClN2O2. The fraction of sp³-hybridized carbons (Fsp3) is 0.462.